The fourth-order valence-corrected chi connectivity index (χ4v) is 1.83. The van der Waals surface area contributed by atoms with Crippen molar-refractivity contribution in [3.05, 3.63) is 33.4 Å². The molecule has 0 amide bonds. The van der Waals surface area contributed by atoms with E-state index in [1.165, 1.54) is 12.1 Å². The van der Waals surface area contributed by atoms with Gasteiger partial charge in [-0.3, -0.25) is 10.1 Å². The van der Waals surface area contributed by atoms with E-state index in [4.69, 9.17) is 10.8 Å². The van der Waals surface area contributed by atoms with Crippen molar-refractivity contribution in [2.45, 2.75) is 32.6 Å². The summed E-state index contributed by atoms with van der Waals surface area (Å²) in [6.07, 6.45) is 3.09. The van der Waals surface area contributed by atoms with Crippen molar-refractivity contribution in [1.82, 2.24) is 0 Å². The molecular weight excluding hydrogens is 236 g/mol. The van der Waals surface area contributed by atoms with Crippen molar-refractivity contribution in [2.24, 2.45) is 0 Å². The van der Waals surface area contributed by atoms with Crippen LogP contribution < -0.4 is 5.73 Å². The number of unbranched alkanes of at least 4 members (excludes halogenated alkanes) is 2. The normalized spacial score (nSPS) is 10.3. The van der Waals surface area contributed by atoms with Crippen LogP contribution in [0.4, 0.5) is 11.4 Å². The summed E-state index contributed by atoms with van der Waals surface area (Å²) in [6.45, 7) is 2.02. The molecule has 0 unspecified atom stereocenters. The van der Waals surface area contributed by atoms with E-state index in [1.807, 2.05) is 6.92 Å². The Balaban J connectivity index is 3.18. The van der Waals surface area contributed by atoms with Crippen molar-refractivity contribution in [1.29, 1.82) is 0 Å². The molecule has 0 fully saturated rings. The van der Waals surface area contributed by atoms with Gasteiger partial charge in [-0.1, -0.05) is 19.8 Å². The minimum absolute atomic E-state index is 0.00723. The number of nitro groups is 1. The molecule has 1 aromatic carbocycles. The second kappa shape index (κ2) is 6.00. The van der Waals surface area contributed by atoms with E-state index in [2.05, 4.69) is 0 Å². The van der Waals surface area contributed by atoms with Gasteiger partial charge in [0.05, 0.1) is 21.7 Å². The van der Waals surface area contributed by atoms with Gasteiger partial charge < -0.3 is 10.8 Å². The maximum Gasteiger partial charge on any atom is 0.337 e. The second-order valence-corrected chi connectivity index (χ2v) is 4.04. The highest BCUT2D eigenvalue weighted by Gasteiger charge is 2.21. The summed E-state index contributed by atoms with van der Waals surface area (Å²) in [7, 11) is 0. The van der Waals surface area contributed by atoms with Gasteiger partial charge in [-0.25, -0.2) is 4.79 Å². The second-order valence-electron chi connectivity index (χ2n) is 4.04. The number of benzene rings is 1. The third-order valence-electron chi connectivity index (χ3n) is 2.79. The number of carboxylic acid groups (broad SMARTS) is 1. The molecule has 1 rings (SSSR count). The Kier molecular flexibility index (Phi) is 4.65. The summed E-state index contributed by atoms with van der Waals surface area (Å²) in [6, 6.07) is 2.39. The third-order valence-corrected chi connectivity index (χ3v) is 2.79. The van der Waals surface area contributed by atoms with Gasteiger partial charge in [-0.2, -0.15) is 0 Å². The van der Waals surface area contributed by atoms with E-state index in [0.29, 0.717) is 12.0 Å². The lowest BCUT2D eigenvalue weighted by Crippen LogP contribution is -2.08. The Bertz CT molecular complexity index is 471. The highest BCUT2D eigenvalue weighted by atomic mass is 16.6. The molecule has 6 heteroatoms. The van der Waals surface area contributed by atoms with Crippen molar-refractivity contribution in [3.8, 4) is 0 Å². The summed E-state index contributed by atoms with van der Waals surface area (Å²) >= 11 is 0. The molecule has 0 saturated heterocycles. The van der Waals surface area contributed by atoms with Gasteiger partial charge in [-0.15, -0.1) is 0 Å². The van der Waals surface area contributed by atoms with E-state index in [9.17, 15) is 14.9 Å². The first-order valence-corrected chi connectivity index (χ1v) is 5.78. The first-order chi connectivity index (χ1) is 8.49. The number of nitrogens with two attached hydrogens (primary N) is 1. The number of carboxylic acids is 1. The number of nitro benzene ring substituents is 1. The van der Waals surface area contributed by atoms with Crippen LogP contribution >= 0.6 is 0 Å². The molecule has 98 valence electrons. The number of hydrogen-bond donors (Lipinski definition) is 2. The van der Waals surface area contributed by atoms with Crippen LogP contribution in [0.15, 0.2) is 12.1 Å². The number of anilines is 1. The average molecular weight is 252 g/mol. The summed E-state index contributed by atoms with van der Waals surface area (Å²) in [5, 5.41) is 19.8. The Labute approximate surface area is 105 Å². The summed E-state index contributed by atoms with van der Waals surface area (Å²) < 4.78 is 0. The minimum Gasteiger partial charge on any atom is -0.478 e. The first kappa shape index (κ1) is 14.0. The molecule has 0 spiro atoms. The Morgan fingerprint density at radius 3 is 2.61 bits per heavy atom. The number of nitrogen functional groups attached to an aromatic ring is 1. The Morgan fingerprint density at radius 2 is 2.11 bits per heavy atom. The predicted molar refractivity (Wildman–Crippen MR) is 67.7 cm³/mol. The van der Waals surface area contributed by atoms with E-state index in [1.54, 1.807) is 0 Å². The largest absolute Gasteiger partial charge is 0.478 e. The van der Waals surface area contributed by atoms with Crippen LogP contribution in [-0.2, 0) is 6.42 Å². The van der Waals surface area contributed by atoms with Crippen LogP contribution in [0.5, 0.6) is 0 Å². The van der Waals surface area contributed by atoms with Crippen LogP contribution in [-0.4, -0.2) is 16.0 Å². The zero-order valence-corrected chi connectivity index (χ0v) is 10.2. The number of rotatable bonds is 6. The maximum absolute atomic E-state index is 10.9. The van der Waals surface area contributed by atoms with Gasteiger partial charge in [0.25, 0.3) is 5.69 Å². The molecule has 0 saturated carbocycles. The standard InChI is InChI=1S/C12H16N2O4/c1-2-3-4-5-8-10(14(17)18)7-6-9(11(8)13)12(15)16/h6-7H,2-5,13H2,1H3,(H,15,16). The van der Waals surface area contributed by atoms with Crippen LogP contribution in [0.25, 0.3) is 0 Å². The van der Waals surface area contributed by atoms with Crippen molar-refractivity contribution in [2.75, 3.05) is 5.73 Å². The minimum atomic E-state index is -1.17. The summed E-state index contributed by atoms with van der Waals surface area (Å²) in [5.74, 6) is -1.17. The van der Waals surface area contributed by atoms with Gasteiger partial charge in [-0.05, 0) is 18.9 Å². The molecule has 0 aromatic heterocycles. The quantitative estimate of drug-likeness (QED) is 0.350. The van der Waals surface area contributed by atoms with Crippen LogP contribution in [0.1, 0.15) is 42.1 Å². The SMILES string of the molecule is CCCCCc1c([N+](=O)[O-])ccc(C(=O)O)c1N. The average Bonchev–Trinajstić information content (AvgIpc) is 2.30. The van der Waals surface area contributed by atoms with E-state index in [0.717, 1.165) is 19.3 Å². The smallest absolute Gasteiger partial charge is 0.337 e. The molecule has 3 N–H and O–H groups in total. The topological polar surface area (TPSA) is 106 Å². The van der Waals surface area contributed by atoms with Gasteiger partial charge in [0.15, 0.2) is 0 Å². The predicted octanol–water partition coefficient (Wildman–Crippen LogP) is 2.61. The Hall–Kier alpha value is -2.11. The van der Waals surface area contributed by atoms with E-state index < -0.39 is 10.9 Å². The summed E-state index contributed by atoms with van der Waals surface area (Å²) in [5.41, 5.74) is 5.87. The molecule has 0 radical (unpaired) electrons. The summed E-state index contributed by atoms with van der Waals surface area (Å²) in [4.78, 5) is 21.3. The maximum atomic E-state index is 10.9. The molecule has 0 aliphatic carbocycles. The van der Waals surface area contributed by atoms with Crippen molar-refractivity contribution in [3.63, 3.8) is 0 Å². The lowest BCUT2D eigenvalue weighted by atomic mass is 10.00. The van der Waals surface area contributed by atoms with Gasteiger partial charge in [0.1, 0.15) is 0 Å². The van der Waals surface area contributed by atoms with Gasteiger partial charge in [0.2, 0.25) is 0 Å². The molecular formula is C12H16N2O4. The highest BCUT2D eigenvalue weighted by Crippen LogP contribution is 2.29. The Morgan fingerprint density at radius 1 is 1.44 bits per heavy atom. The molecule has 0 heterocycles. The molecule has 0 atom stereocenters. The first-order valence-electron chi connectivity index (χ1n) is 5.78. The number of nitrogens with zero attached hydrogens (tertiary/aromatic N) is 1. The van der Waals surface area contributed by atoms with Crippen LogP contribution in [0, 0.1) is 10.1 Å². The zero-order chi connectivity index (χ0) is 13.7. The monoisotopic (exact) mass is 252 g/mol. The fraction of sp³-hybridized carbons (Fsp3) is 0.417. The lowest BCUT2D eigenvalue weighted by molar-refractivity contribution is -0.385. The van der Waals surface area contributed by atoms with E-state index in [-0.39, 0.29) is 16.9 Å². The highest BCUT2D eigenvalue weighted by molar-refractivity contribution is 5.95. The number of hydrogen-bond acceptors (Lipinski definition) is 4. The van der Waals surface area contributed by atoms with E-state index >= 15 is 0 Å². The molecule has 18 heavy (non-hydrogen) atoms. The van der Waals surface area contributed by atoms with Crippen LogP contribution in [0.3, 0.4) is 0 Å². The van der Waals surface area contributed by atoms with Crippen LogP contribution in [0.2, 0.25) is 0 Å². The molecule has 1 aromatic rings. The van der Waals surface area contributed by atoms with Crippen molar-refractivity contribution >= 4 is 17.3 Å². The number of carbonyl (C=O) groups is 1. The lowest BCUT2D eigenvalue weighted by Gasteiger charge is -2.09. The molecule has 0 bridgehead atoms. The van der Waals surface area contributed by atoms with Crippen molar-refractivity contribution < 1.29 is 14.8 Å². The number of aromatic carboxylic acids is 1. The molecule has 0 aliphatic rings. The fourth-order valence-electron chi connectivity index (χ4n) is 1.83. The molecule has 0 aliphatic heterocycles. The molecule has 6 nitrogen and oxygen atoms in total. The van der Waals surface area contributed by atoms with Gasteiger partial charge >= 0.3 is 5.97 Å². The zero-order valence-electron chi connectivity index (χ0n) is 10.2. The third kappa shape index (κ3) is 2.97. The van der Waals surface area contributed by atoms with Gasteiger partial charge in [0, 0.05) is 6.07 Å².